The van der Waals surface area contributed by atoms with E-state index in [1.54, 1.807) is 0 Å². The van der Waals surface area contributed by atoms with Gasteiger partial charge < -0.3 is 5.11 Å². The first-order valence-electron chi connectivity index (χ1n) is 5.78. The maximum absolute atomic E-state index is 12.2. The van der Waals surface area contributed by atoms with Crippen molar-refractivity contribution in [2.45, 2.75) is 11.8 Å². The van der Waals surface area contributed by atoms with Gasteiger partial charge in [-0.1, -0.05) is 17.7 Å². The number of aromatic carboxylic acids is 1. The summed E-state index contributed by atoms with van der Waals surface area (Å²) in [6.45, 7) is 1.53. The molecule has 0 spiro atoms. The number of anilines is 1. The first-order chi connectivity index (χ1) is 9.81. The highest BCUT2D eigenvalue weighted by atomic mass is 35.5. The van der Waals surface area contributed by atoms with Gasteiger partial charge in [-0.2, -0.15) is 0 Å². The zero-order valence-corrected chi connectivity index (χ0v) is 12.4. The molecule has 0 bridgehead atoms. The lowest BCUT2D eigenvalue weighted by Crippen LogP contribution is -2.15. The van der Waals surface area contributed by atoms with Gasteiger partial charge in [0.05, 0.1) is 11.3 Å². The number of hydrogen-bond acceptors (Lipinski definition) is 4. The SMILES string of the molecule is Cc1c(NS(=O)(=O)c2ccc(Cl)nc2)cccc1C(=O)O. The molecular formula is C13H11ClN2O4S. The summed E-state index contributed by atoms with van der Waals surface area (Å²) in [5.74, 6) is -1.12. The fraction of sp³-hybridized carbons (Fsp3) is 0.0769. The van der Waals surface area contributed by atoms with Crippen LogP contribution >= 0.6 is 11.6 Å². The summed E-state index contributed by atoms with van der Waals surface area (Å²) in [6, 6.07) is 7.03. The maximum atomic E-state index is 12.2. The summed E-state index contributed by atoms with van der Waals surface area (Å²) in [7, 11) is -3.86. The van der Waals surface area contributed by atoms with Gasteiger partial charge in [-0.25, -0.2) is 18.2 Å². The van der Waals surface area contributed by atoms with Crippen molar-refractivity contribution in [2.24, 2.45) is 0 Å². The second-order valence-corrected chi connectivity index (χ2v) is 6.28. The van der Waals surface area contributed by atoms with Crippen molar-refractivity contribution in [3.8, 4) is 0 Å². The zero-order chi connectivity index (χ0) is 15.6. The van der Waals surface area contributed by atoms with Crippen molar-refractivity contribution in [3.05, 3.63) is 52.8 Å². The van der Waals surface area contributed by atoms with Gasteiger partial charge in [0, 0.05) is 6.20 Å². The summed E-state index contributed by atoms with van der Waals surface area (Å²) < 4.78 is 26.8. The first kappa shape index (κ1) is 15.3. The quantitative estimate of drug-likeness (QED) is 0.842. The topological polar surface area (TPSA) is 96.4 Å². The van der Waals surface area contributed by atoms with Crippen molar-refractivity contribution in [2.75, 3.05) is 4.72 Å². The van der Waals surface area contributed by atoms with E-state index in [-0.39, 0.29) is 21.3 Å². The number of carboxylic acid groups (broad SMARTS) is 1. The minimum atomic E-state index is -3.86. The van der Waals surface area contributed by atoms with Gasteiger partial charge in [0.15, 0.2) is 0 Å². The van der Waals surface area contributed by atoms with Crippen LogP contribution in [0.3, 0.4) is 0 Å². The molecule has 0 radical (unpaired) electrons. The van der Waals surface area contributed by atoms with Crippen molar-refractivity contribution < 1.29 is 18.3 Å². The number of nitrogens with one attached hydrogen (secondary N) is 1. The molecule has 110 valence electrons. The fourth-order valence-corrected chi connectivity index (χ4v) is 2.88. The van der Waals surface area contributed by atoms with Gasteiger partial charge in [0.2, 0.25) is 0 Å². The Balaban J connectivity index is 2.39. The van der Waals surface area contributed by atoms with E-state index in [1.165, 1.54) is 37.3 Å². The lowest BCUT2D eigenvalue weighted by atomic mass is 10.1. The third kappa shape index (κ3) is 3.32. The molecule has 1 heterocycles. The van der Waals surface area contributed by atoms with Gasteiger partial charge in [0.25, 0.3) is 10.0 Å². The van der Waals surface area contributed by atoms with Crippen LogP contribution in [-0.2, 0) is 10.0 Å². The smallest absolute Gasteiger partial charge is 0.336 e. The molecule has 0 unspecified atom stereocenters. The molecule has 6 nitrogen and oxygen atoms in total. The molecule has 1 aromatic heterocycles. The zero-order valence-electron chi connectivity index (χ0n) is 10.9. The Morgan fingerprint density at radius 3 is 2.57 bits per heavy atom. The van der Waals surface area contributed by atoms with Gasteiger partial charge in [-0.15, -0.1) is 0 Å². The van der Waals surface area contributed by atoms with Crippen LogP contribution in [0.1, 0.15) is 15.9 Å². The Morgan fingerprint density at radius 1 is 1.29 bits per heavy atom. The minimum absolute atomic E-state index is 0.0319. The molecule has 21 heavy (non-hydrogen) atoms. The van der Waals surface area contributed by atoms with E-state index in [9.17, 15) is 13.2 Å². The summed E-state index contributed by atoms with van der Waals surface area (Å²) in [5.41, 5.74) is 0.560. The molecule has 0 aliphatic carbocycles. The van der Waals surface area contributed by atoms with Gasteiger partial charge >= 0.3 is 5.97 Å². The number of halogens is 1. The van der Waals surface area contributed by atoms with E-state index in [0.717, 1.165) is 6.20 Å². The normalized spacial score (nSPS) is 11.1. The minimum Gasteiger partial charge on any atom is -0.478 e. The molecule has 1 aromatic carbocycles. The first-order valence-corrected chi connectivity index (χ1v) is 7.64. The number of rotatable bonds is 4. The number of nitrogens with zero attached hydrogens (tertiary/aromatic N) is 1. The highest BCUT2D eigenvalue weighted by Gasteiger charge is 2.18. The summed E-state index contributed by atoms with van der Waals surface area (Å²) in [6.07, 6.45) is 1.13. The average Bonchev–Trinajstić information content (AvgIpc) is 2.41. The lowest BCUT2D eigenvalue weighted by Gasteiger charge is -2.12. The van der Waals surface area contributed by atoms with Crippen LogP contribution in [0.5, 0.6) is 0 Å². The summed E-state index contributed by atoms with van der Waals surface area (Å²) >= 11 is 5.61. The van der Waals surface area contributed by atoms with Crippen LogP contribution < -0.4 is 4.72 Å². The van der Waals surface area contributed by atoms with Crippen LogP contribution in [0.15, 0.2) is 41.4 Å². The highest BCUT2D eigenvalue weighted by Crippen LogP contribution is 2.22. The van der Waals surface area contributed by atoms with Crippen molar-refractivity contribution in [1.82, 2.24) is 4.98 Å². The highest BCUT2D eigenvalue weighted by molar-refractivity contribution is 7.92. The Labute approximate surface area is 126 Å². The number of hydrogen-bond donors (Lipinski definition) is 2. The van der Waals surface area contributed by atoms with Crippen LogP contribution in [0.2, 0.25) is 5.15 Å². The molecular weight excluding hydrogens is 316 g/mol. The summed E-state index contributed by atoms with van der Waals surface area (Å²) in [5, 5.41) is 9.21. The number of carboxylic acids is 1. The fourth-order valence-electron chi connectivity index (χ4n) is 1.70. The van der Waals surface area contributed by atoms with Crippen LogP contribution in [-0.4, -0.2) is 24.5 Å². The molecule has 2 aromatic rings. The van der Waals surface area contributed by atoms with Crippen molar-refractivity contribution >= 4 is 33.3 Å². The van der Waals surface area contributed by atoms with Crippen molar-refractivity contribution in [1.29, 1.82) is 0 Å². The maximum Gasteiger partial charge on any atom is 0.336 e. The average molecular weight is 327 g/mol. The largest absolute Gasteiger partial charge is 0.478 e. The molecule has 2 rings (SSSR count). The van der Waals surface area contributed by atoms with Gasteiger partial charge in [-0.05, 0) is 36.8 Å². The van der Waals surface area contributed by atoms with E-state index < -0.39 is 16.0 Å². The Morgan fingerprint density at radius 2 is 2.00 bits per heavy atom. The third-order valence-corrected chi connectivity index (χ3v) is 4.39. The van der Waals surface area contributed by atoms with Crippen LogP contribution in [0, 0.1) is 6.92 Å². The molecule has 2 N–H and O–H groups in total. The molecule has 0 atom stereocenters. The predicted molar refractivity (Wildman–Crippen MR) is 78.2 cm³/mol. The number of pyridine rings is 1. The van der Waals surface area contributed by atoms with Gasteiger partial charge in [0.1, 0.15) is 10.0 Å². The Hall–Kier alpha value is -2.12. The number of carbonyl (C=O) groups is 1. The molecule has 0 saturated heterocycles. The van der Waals surface area contributed by atoms with Crippen LogP contribution in [0.25, 0.3) is 0 Å². The number of aromatic nitrogens is 1. The molecule has 0 aliphatic heterocycles. The van der Waals surface area contributed by atoms with E-state index in [1.807, 2.05) is 0 Å². The monoisotopic (exact) mass is 326 g/mol. The van der Waals surface area contributed by atoms with E-state index in [2.05, 4.69) is 9.71 Å². The molecule has 8 heteroatoms. The standard InChI is InChI=1S/C13H11ClN2O4S/c1-8-10(13(17)18)3-2-4-11(8)16-21(19,20)9-5-6-12(14)15-7-9/h2-7,16H,1H3,(H,17,18). The van der Waals surface area contributed by atoms with Crippen LogP contribution in [0.4, 0.5) is 5.69 Å². The molecule has 0 amide bonds. The number of sulfonamides is 1. The molecule has 0 saturated carbocycles. The third-order valence-electron chi connectivity index (χ3n) is 2.82. The van der Waals surface area contributed by atoms with E-state index in [0.29, 0.717) is 5.56 Å². The molecule has 0 aliphatic rings. The van der Waals surface area contributed by atoms with Gasteiger partial charge in [-0.3, -0.25) is 4.72 Å². The second-order valence-electron chi connectivity index (χ2n) is 4.21. The summed E-state index contributed by atoms with van der Waals surface area (Å²) in [4.78, 5) is 14.7. The van der Waals surface area contributed by atoms with E-state index >= 15 is 0 Å². The Bertz CT molecular complexity index is 788. The lowest BCUT2D eigenvalue weighted by molar-refractivity contribution is 0.0696. The van der Waals surface area contributed by atoms with Crippen molar-refractivity contribution in [3.63, 3.8) is 0 Å². The van der Waals surface area contributed by atoms with E-state index in [4.69, 9.17) is 16.7 Å². The number of benzene rings is 1. The predicted octanol–water partition coefficient (Wildman–Crippen LogP) is 2.54. The second kappa shape index (κ2) is 5.71. The molecule has 0 fully saturated rings. The Kier molecular flexibility index (Phi) is 4.15.